The lowest BCUT2D eigenvalue weighted by atomic mass is 9.80. The molecule has 0 saturated carbocycles. The second-order valence-corrected chi connectivity index (χ2v) is 11.1. The second-order valence-electron chi connectivity index (χ2n) is 11.1. The SMILES string of the molecule is CCCC(COC(=O)CCC(=O)OC1CC(C)(C)N([OH2+])C(C)(C)C1)CC(C)(C)N(O)CC. The fraction of sp³-hybridized carbons (Fsp3) is 0.917. The number of piperidine rings is 1. The number of hydrogen-bond donors (Lipinski definition) is 1. The Kier molecular flexibility index (Phi) is 10.6. The summed E-state index contributed by atoms with van der Waals surface area (Å²) in [5.41, 5.74) is -1.19. The maximum atomic E-state index is 12.3. The van der Waals surface area contributed by atoms with Crippen LogP contribution in [0.1, 0.15) is 100 Å². The van der Waals surface area contributed by atoms with Gasteiger partial charge in [-0.25, -0.2) is 0 Å². The smallest absolute Gasteiger partial charge is 0.306 e. The van der Waals surface area contributed by atoms with Crippen LogP contribution in [-0.4, -0.2) is 68.4 Å². The molecule has 0 aromatic carbocycles. The zero-order chi connectivity index (χ0) is 24.7. The van der Waals surface area contributed by atoms with E-state index in [1.54, 1.807) is 5.06 Å². The van der Waals surface area contributed by atoms with Gasteiger partial charge in [0.05, 0.1) is 30.5 Å². The molecule has 0 aromatic rings. The predicted molar refractivity (Wildman–Crippen MR) is 124 cm³/mol. The molecular formula is C24H47N2O6+. The third kappa shape index (κ3) is 8.61. The number of nitrogens with zero attached hydrogens (tertiary/aromatic N) is 2. The van der Waals surface area contributed by atoms with E-state index in [2.05, 4.69) is 6.92 Å². The van der Waals surface area contributed by atoms with Crippen LogP contribution in [0.15, 0.2) is 0 Å². The summed E-state index contributed by atoms with van der Waals surface area (Å²) in [6.45, 7) is 16.7. The van der Waals surface area contributed by atoms with Gasteiger partial charge in [-0.1, -0.05) is 25.3 Å². The van der Waals surface area contributed by atoms with E-state index >= 15 is 0 Å². The molecule has 0 aliphatic carbocycles. The summed E-state index contributed by atoms with van der Waals surface area (Å²) in [7, 11) is 0. The Morgan fingerprint density at radius 3 is 2.16 bits per heavy atom. The summed E-state index contributed by atoms with van der Waals surface area (Å²) in [5.74, 6) is -0.660. The molecule has 1 heterocycles. The molecule has 1 rings (SSSR count). The summed E-state index contributed by atoms with van der Waals surface area (Å²) < 4.78 is 11.1. The van der Waals surface area contributed by atoms with Crippen molar-refractivity contribution in [1.82, 2.24) is 10.1 Å². The lowest BCUT2D eigenvalue weighted by molar-refractivity contribution is -0.259. The highest BCUT2D eigenvalue weighted by molar-refractivity contribution is 5.77. The first-order chi connectivity index (χ1) is 14.6. The maximum Gasteiger partial charge on any atom is 0.306 e. The maximum absolute atomic E-state index is 12.3. The first kappa shape index (κ1) is 28.8. The van der Waals surface area contributed by atoms with Gasteiger partial charge in [-0.2, -0.15) is 5.06 Å². The molecule has 0 amide bonds. The van der Waals surface area contributed by atoms with Crippen molar-refractivity contribution in [3.63, 3.8) is 0 Å². The minimum atomic E-state index is -0.404. The van der Waals surface area contributed by atoms with Crippen LogP contribution < -0.4 is 0 Å². The summed E-state index contributed by atoms with van der Waals surface area (Å²) >= 11 is 0. The molecule has 1 fully saturated rings. The third-order valence-corrected chi connectivity index (χ3v) is 6.46. The minimum absolute atomic E-state index is 0.00771. The fourth-order valence-corrected chi connectivity index (χ4v) is 4.90. The summed E-state index contributed by atoms with van der Waals surface area (Å²) in [4.78, 5) is 24.6. The average molecular weight is 460 g/mol. The van der Waals surface area contributed by atoms with Crippen LogP contribution in [0.4, 0.5) is 0 Å². The van der Waals surface area contributed by atoms with Gasteiger partial charge in [-0.3, -0.25) is 9.59 Å². The summed E-state index contributed by atoms with van der Waals surface area (Å²) in [6, 6.07) is 0. The predicted octanol–water partition coefficient (Wildman–Crippen LogP) is 3.81. The molecule has 1 saturated heterocycles. The zero-order valence-corrected chi connectivity index (χ0v) is 21.5. The molecule has 8 nitrogen and oxygen atoms in total. The van der Waals surface area contributed by atoms with Gasteiger partial charge in [-0.05, 0) is 60.3 Å². The lowest BCUT2D eigenvalue weighted by Gasteiger charge is -2.47. The molecule has 1 aliphatic heterocycles. The average Bonchev–Trinajstić information content (AvgIpc) is 2.67. The molecule has 8 heteroatoms. The van der Waals surface area contributed by atoms with Gasteiger partial charge in [0.2, 0.25) is 0 Å². The van der Waals surface area contributed by atoms with Crippen molar-refractivity contribution < 1.29 is 29.5 Å². The van der Waals surface area contributed by atoms with Gasteiger partial charge in [0.1, 0.15) is 6.10 Å². The number of carbonyl (C=O) groups is 2. The first-order valence-electron chi connectivity index (χ1n) is 12.0. The molecule has 0 spiro atoms. The number of rotatable bonds is 12. The highest BCUT2D eigenvalue weighted by atomic mass is 16.6. The Balaban J connectivity index is 2.48. The van der Waals surface area contributed by atoms with Crippen molar-refractivity contribution in [3.05, 3.63) is 0 Å². The molecule has 1 aliphatic rings. The van der Waals surface area contributed by atoms with Crippen LogP contribution in [0.2, 0.25) is 0 Å². The van der Waals surface area contributed by atoms with Crippen molar-refractivity contribution in [2.75, 3.05) is 13.2 Å². The van der Waals surface area contributed by atoms with E-state index in [-0.39, 0.29) is 31.5 Å². The monoisotopic (exact) mass is 459 g/mol. The van der Waals surface area contributed by atoms with E-state index in [1.165, 1.54) is 5.06 Å². The molecule has 0 bridgehead atoms. The normalized spacial score (nSPS) is 20.2. The Hall–Kier alpha value is -1.22. The van der Waals surface area contributed by atoms with E-state index < -0.39 is 28.6 Å². The van der Waals surface area contributed by atoms with Crippen molar-refractivity contribution >= 4 is 11.9 Å². The molecular weight excluding hydrogens is 412 g/mol. The van der Waals surface area contributed by atoms with E-state index in [4.69, 9.17) is 14.7 Å². The van der Waals surface area contributed by atoms with Crippen molar-refractivity contribution in [2.24, 2.45) is 5.92 Å². The third-order valence-electron chi connectivity index (χ3n) is 6.46. The summed E-state index contributed by atoms with van der Waals surface area (Å²) in [6.07, 6.45) is 3.47. The standard InChI is InChI=1S/C24H46N2O6/c1-9-11-18(14-22(3,4)25(29)10-2)17-31-20(27)12-13-21(28)32-19-15-23(5,6)26(30)24(7,8)16-19/h18-19,29-30H,9-17H2,1-8H3/p+1. The van der Waals surface area contributed by atoms with Gasteiger partial charge < -0.3 is 19.9 Å². The fourth-order valence-electron chi connectivity index (χ4n) is 4.90. The number of hydrogen-bond acceptors (Lipinski definition) is 7. The van der Waals surface area contributed by atoms with Crippen LogP contribution >= 0.6 is 0 Å². The van der Waals surface area contributed by atoms with Gasteiger partial charge in [-0.15, -0.1) is 0 Å². The second kappa shape index (κ2) is 11.8. The van der Waals surface area contributed by atoms with E-state index in [9.17, 15) is 14.8 Å². The van der Waals surface area contributed by atoms with Crippen LogP contribution in [-0.2, 0) is 19.1 Å². The van der Waals surface area contributed by atoms with E-state index in [0.717, 1.165) is 12.8 Å². The molecule has 0 radical (unpaired) electrons. The Morgan fingerprint density at radius 1 is 1.12 bits per heavy atom. The number of ether oxygens (including phenoxy) is 2. The topological polar surface area (TPSA) is 102 Å². The largest absolute Gasteiger partial charge is 0.465 e. The highest BCUT2D eigenvalue weighted by Gasteiger charge is 2.49. The Morgan fingerprint density at radius 2 is 1.66 bits per heavy atom. The molecule has 188 valence electrons. The van der Waals surface area contributed by atoms with E-state index in [1.807, 2.05) is 48.5 Å². The molecule has 1 unspecified atom stereocenters. The summed E-state index contributed by atoms with van der Waals surface area (Å²) in [5, 5.41) is 21.3. The molecule has 1 atom stereocenters. The van der Waals surface area contributed by atoms with E-state index in [0.29, 0.717) is 25.8 Å². The van der Waals surface area contributed by atoms with Crippen molar-refractivity contribution in [3.8, 4) is 0 Å². The quantitative estimate of drug-likeness (QED) is 0.269. The first-order valence-corrected chi connectivity index (χ1v) is 12.0. The van der Waals surface area contributed by atoms with Crippen molar-refractivity contribution in [1.29, 1.82) is 0 Å². The van der Waals surface area contributed by atoms with Gasteiger partial charge in [0.15, 0.2) is 0 Å². The number of carbonyl (C=O) groups excluding carboxylic acids is 2. The Bertz CT molecular complexity index is 602. The van der Waals surface area contributed by atoms with Crippen LogP contribution in [0.3, 0.4) is 0 Å². The van der Waals surface area contributed by atoms with Gasteiger partial charge >= 0.3 is 11.9 Å². The Labute approximate surface area is 194 Å². The van der Waals surface area contributed by atoms with Crippen molar-refractivity contribution in [2.45, 2.75) is 123 Å². The number of esters is 2. The molecule has 0 aromatic heterocycles. The van der Waals surface area contributed by atoms with Gasteiger partial charge in [0.25, 0.3) is 0 Å². The minimum Gasteiger partial charge on any atom is -0.465 e. The van der Waals surface area contributed by atoms with Crippen LogP contribution in [0, 0.1) is 5.92 Å². The van der Waals surface area contributed by atoms with Crippen LogP contribution in [0.5, 0.6) is 0 Å². The zero-order valence-electron chi connectivity index (χ0n) is 21.5. The highest BCUT2D eigenvalue weighted by Crippen LogP contribution is 2.38. The molecule has 32 heavy (non-hydrogen) atoms. The van der Waals surface area contributed by atoms with Gasteiger partial charge in [0, 0.05) is 24.9 Å². The number of hydroxylamine groups is 4. The lowest BCUT2D eigenvalue weighted by Crippen LogP contribution is -2.60. The van der Waals surface area contributed by atoms with Crippen LogP contribution in [0.25, 0.3) is 0 Å². The molecule has 3 N–H and O–H groups in total.